The van der Waals surface area contributed by atoms with Gasteiger partial charge in [-0.2, -0.15) is 0 Å². The number of phosphoric ester groups is 1. The number of rotatable bonds is 7. The van der Waals surface area contributed by atoms with Crippen LogP contribution in [-0.2, 0) is 18.6 Å². The van der Waals surface area contributed by atoms with Gasteiger partial charge in [0.15, 0.2) is 0 Å². The van der Waals surface area contributed by atoms with Gasteiger partial charge < -0.3 is 19.6 Å². The lowest BCUT2D eigenvalue weighted by Crippen LogP contribution is -2.58. The van der Waals surface area contributed by atoms with Crippen molar-refractivity contribution < 1.29 is 42.3 Å². The van der Waals surface area contributed by atoms with Crippen molar-refractivity contribution in [2.24, 2.45) is 46.3 Å². The van der Waals surface area contributed by atoms with E-state index in [1.807, 2.05) is 0 Å². The number of hydrogen-bond acceptors (Lipinski definition) is 5. The molecule has 202 valence electrons. The van der Waals surface area contributed by atoms with Crippen molar-refractivity contribution in [3.8, 4) is 0 Å². The highest BCUT2D eigenvalue weighted by Gasteiger charge is 2.64. The molecule has 4 rings (SSSR count). The number of halogens is 2. The Morgan fingerprint density at radius 3 is 2.49 bits per heavy atom. The molecule has 0 amide bonds. The van der Waals surface area contributed by atoms with Crippen LogP contribution in [0.3, 0.4) is 0 Å². The van der Waals surface area contributed by atoms with Crippen LogP contribution in [0.5, 0.6) is 0 Å². The van der Waals surface area contributed by atoms with Gasteiger partial charge in [0.2, 0.25) is 12.6 Å². The zero-order valence-corrected chi connectivity index (χ0v) is 21.9. The van der Waals surface area contributed by atoms with Crippen LogP contribution in [0.1, 0.15) is 85.0 Å². The second-order valence-corrected chi connectivity index (χ2v) is 13.6. The summed E-state index contributed by atoms with van der Waals surface area (Å²) in [6.07, 6.45) is 4.71. The number of aliphatic hydroxyl groups is 1. The molecule has 10 heteroatoms. The van der Waals surface area contributed by atoms with E-state index in [0.29, 0.717) is 25.2 Å². The van der Waals surface area contributed by atoms with Crippen molar-refractivity contribution in [3.63, 3.8) is 0 Å². The average Bonchev–Trinajstić information content (AvgIpc) is 3.09. The van der Waals surface area contributed by atoms with Crippen molar-refractivity contribution >= 4 is 13.8 Å². The number of fused-ring (bicyclic) bond motifs is 5. The minimum absolute atomic E-state index is 0.0168. The predicted octanol–water partition coefficient (Wildman–Crippen LogP) is 5.28. The first-order chi connectivity index (χ1) is 16.2. The smallest absolute Gasteiger partial charge is 0.438 e. The van der Waals surface area contributed by atoms with Crippen LogP contribution in [0, 0.1) is 46.3 Å². The molecule has 0 spiro atoms. The molecule has 0 heterocycles. The molecule has 0 aromatic carbocycles. The first kappa shape index (κ1) is 27.4. The summed E-state index contributed by atoms with van der Waals surface area (Å²) >= 11 is 0. The maximum Gasteiger partial charge on any atom is 0.472 e. The van der Waals surface area contributed by atoms with E-state index in [-0.39, 0.29) is 59.7 Å². The second-order valence-electron chi connectivity index (χ2n) is 12.4. The average molecular weight is 523 g/mol. The Morgan fingerprint density at radius 1 is 1.11 bits per heavy atom. The van der Waals surface area contributed by atoms with Gasteiger partial charge in [-0.3, -0.25) is 4.79 Å². The van der Waals surface area contributed by atoms with Gasteiger partial charge in [-0.05, 0) is 91.3 Å². The Morgan fingerprint density at radius 2 is 1.80 bits per heavy atom. The third-order valence-electron chi connectivity index (χ3n) is 10.7. The van der Waals surface area contributed by atoms with Crippen molar-refractivity contribution in [1.29, 1.82) is 0 Å². The molecule has 4 aliphatic rings. The third kappa shape index (κ3) is 5.36. The molecule has 3 N–H and O–H groups in total. The number of esters is 1. The molecule has 4 fully saturated rings. The van der Waals surface area contributed by atoms with Crippen molar-refractivity contribution in [2.75, 3.05) is 6.79 Å². The summed E-state index contributed by atoms with van der Waals surface area (Å²) < 4.78 is 49.8. The highest BCUT2D eigenvalue weighted by molar-refractivity contribution is 7.46. The number of phosphoric acid groups is 1. The van der Waals surface area contributed by atoms with Crippen molar-refractivity contribution in [2.45, 2.75) is 97.0 Å². The van der Waals surface area contributed by atoms with E-state index in [2.05, 4.69) is 25.3 Å². The lowest BCUT2D eigenvalue weighted by atomic mass is 9.44. The first-order valence-corrected chi connectivity index (χ1v) is 14.6. The zero-order valence-electron chi connectivity index (χ0n) is 21.0. The largest absolute Gasteiger partial charge is 0.472 e. The minimum atomic E-state index is -4.68. The lowest BCUT2D eigenvalue weighted by Gasteiger charge is -2.62. The summed E-state index contributed by atoms with van der Waals surface area (Å²) in [5.74, 6) is -1.84. The maximum absolute atomic E-state index is 15.8. The van der Waals surface area contributed by atoms with Crippen molar-refractivity contribution in [1.82, 2.24) is 0 Å². The van der Waals surface area contributed by atoms with E-state index in [1.165, 1.54) is 0 Å². The van der Waals surface area contributed by atoms with E-state index in [1.54, 1.807) is 0 Å². The van der Waals surface area contributed by atoms with Crippen LogP contribution in [0.4, 0.5) is 8.78 Å². The Labute approximate surface area is 206 Å². The SMILES string of the molecule is CC(CCC(=O)OCOP(=O)(O)O)C1CCC2C3C(F)CC4CC(O)(F)CCC4(C)C3CCC12C. The first-order valence-electron chi connectivity index (χ1n) is 13.1. The Balaban J connectivity index is 1.39. The molecule has 0 aromatic rings. The molecule has 0 saturated heterocycles. The fourth-order valence-corrected chi connectivity index (χ4v) is 9.06. The van der Waals surface area contributed by atoms with Gasteiger partial charge in [0.1, 0.15) is 6.17 Å². The quantitative estimate of drug-likeness (QED) is 0.237. The highest BCUT2D eigenvalue weighted by atomic mass is 31.2. The highest BCUT2D eigenvalue weighted by Crippen LogP contribution is 2.69. The summed E-state index contributed by atoms with van der Waals surface area (Å²) in [5.41, 5.74) is -0.146. The molecule has 35 heavy (non-hydrogen) atoms. The summed E-state index contributed by atoms with van der Waals surface area (Å²) in [5, 5.41) is 10.0. The number of hydrogen-bond donors (Lipinski definition) is 3. The molecule has 4 saturated carbocycles. The lowest BCUT2D eigenvalue weighted by molar-refractivity contribution is -0.208. The van der Waals surface area contributed by atoms with Gasteiger partial charge in [0.25, 0.3) is 0 Å². The third-order valence-corrected chi connectivity index (χ3v) is 11.1. The topological polar surface area (TPSA) is 113 Å². The molecule has 0 radical (unpaired) electrons. The van der Waals surface area contributed by atoms with Crippen LogP contribution < -0.4 is 0 Å². The molecule has 10 unspecified atom stereocenters. The summed E-state index contributed by atoms with van der Waals surface area (Å²) in [6.45, 7) is 5.84. The summed E-state index contributed by atoms with van der Waals surface area (Å²) in [4.78, 5) is 29.4. The fourth-order valence-electron chi connectivity index (χ4n) is 8.87. The Kier molecular flexibility index (Phi) is 7.53. The molecule has 0 bridgehead atoms. The van der Waals surface area contributed by atoms with Gasteiger partial charge in [0.05, 0.1) is 0 Å². The van der Waals surface area contributed by atoms with E-state index >= 15 is 4.39 Å². The molecule has 0 aliphatic heterocycles. The summed E-state index contributed by atoms with van der Waals surface area (Å²) in [7, 11) is -4.68. The normalized spacial score (nSPS) is 46.3. The number of carbonyl (C=O) groups excluding carboxylic acids is 1. The standard InChI is InChI=1S/C25H41F2O7P/c1-15(4-7-21(28)33-14-34-35(30,31)32)17-5-6-18-22-19(8-9-24(17,18)3)23(2)10-11-25(27,29)13-16(23)12-20(22)26/h15-20,22,29H,4-14H2,1-3H3,(H2,30,31,32). The Hall–Kier alpha value is -0.600. The van der Waals surface area contributed by atoms with Gasteiger partial charge in [0, 0.05) is 19.3 Å². The fraction of sp³-hybridized carbons (Fsp3) is 0.960. The second kappa shape index (κ2) is 9.61. The van der Waals surface area contributed by atoms with E-state index in [9.17, 15) is 18.9 Å². The predicted molar refractivity (Wildman–Crippen MR) is 124 cm³/mol. The summed E-state index contributed by atoms with van der Waals surface area (Å²) in [6, 6.07) is 0. The van der Waals surface area contributed by atoms with E-state index in [0.717, 1.165) is 25.7 Å². The van der Waals surface area contributed by atoms with Gasteiger partial charge in [-0.15, -0.1) is 0 Å². The van der Waals surface area contributed by atoms with Crippen LogP contribution in [0.15, 0.2) is 0 Å². The number of alkyl halides is 2. The minimum Gasteiger partial charge on any atom is -0.438 e. The molecule has 0 aromatic heterocycles. The zero-order chi connectivity index (χ0) is 25.8. The Bertz CT molecular complexity index is 850. The molecule has 10 atom stereocenters. The number of carbonyl (C=O) groups is 1. The molecule has 4 aliphatic carbocycles. The van der Waals surface area contributed by atoms with Crippen molar-refractivity contribution in [3.05, 3.63) is 0 Å². The number of ether oxygens (including phenoxy) is 1. The van der Waals surface area contributed by atoms with E-state index < -0.39 is 32.6 Å². The van der Waals surface area contributed by atoms with Gasteiger partial charge in [-0.1, -0.05) is 20.8 Å². The van der Waals surface area contributed by atoms with Crippen LogP contribution >= 0.6 is 7.82 Å². The monoisotopic (exact) mass is 522 g/mol. The maximum atomic E-state index is 15.8. The molecular weight excluding hydrogens is 481 g/mol. The van der Waals surface area contributed by atoms with Gasteiger partial charge in [-0.25, -0.2) is 17.9 Å². The van der Waals surface area contributed by atoms with E-state index in [4.69, 9.17) is 14.5 Å². The molecule has 7 nitrogen and oxygen atoms in total. The van der Waals surface area contributed by atoms with Crippen LogP contribution in [0.25, 0.3) is 0 Å². The van der Waals surface area contributed by atoms with Crippen LogP contribution in [0.2, 0.25) is 0 Å². The van der Waals surface area contributed by atoms with Crippen LogP contribution in [-0.4, -0.2) is 39.7 Å². The molecular formula is C25H41F2O7P. The van der Waals surface area contributed by atoms with Gasteiger partial charge >= 0.3 is 13.8 Å².